The Balaban J connectivity index is 1.31. The van der Waals surface area contributed by atoms with E-state index in [1.807, 2.05) is 24.3 Å². The molecule has 0 unspecified atom stereocenters. The lowest BCUT2D eigenvalue weighted by Crippen LogP contribution is -2.59. The van der Waals surface area contributed by atoms with E-state index in [0.29, 0.717) is 24.3 Å². The lowest BCUT2D eigenvalue weighted by Gasteiger charge is -2.52. The van der Waals surface area contributed by atoms with E-state index in [4.69, 9.17) is 0 Å². The number of para-hydroxylation sites is 1. The molecule has 2 aromatic rings. The summed E-state index contributed by atoms with van der Waals surface area (Å²) < 4.78 is 0. The summed E-state index contributed by atoms with van der Waals surface area (Å²) in [5.74, 6) is 1.60. The van der Waals surface area contributed by atoms with Gasteiger partial charge >= 0.3 is 0 Å². The second-order valence-electron chi connectivity index (χ2n) is 8.11. The molecule has 2 bridgehead atoms. The average Bonchev–Trinajstić information content (AvgIpc) is 3.04. The van der Waals surface area contributed by atoms with Gasteiger partial charge in [0, 0.05) is 31.1 Å². The summed E-state index contributed by atoms with van der Waals surface area (Å²) in [6.45, 7) is 4.34. The number of carbonyl (C=O) groups excluding carboxylic acids is 1. The van der Waals surface area contributed by atoms with Crippen molar-refractivity contribution in [3.8, 4) is 0 Å². The van der Waals surface area contributed by atoms with E-state index in [1.165, 1.54) is 38.8 Å². The van der Waals surface area contributed by atoms with Crippen molar-refractivity contribution in [1.82, 2.24) is 20.0 Å². The molecule has 1 aromatic carbocycles. The summed E-state index contributed by atoms with van der Waals surface area (Å²) in [7, 11) is 0. The highest BCUT2D eigenvalue weighted by Gasteiger charge is 2.42. The molecule has 0 radical (unpaired) electrons. The van der Waals surface area contributed by atoms with Crippen LogP contribution >= 0.6 is 0 Å². The van der Waals surface area contributed by atoms with Crippen LogP contribution < -0.4 is 0 Å². The molecule has 0 spiro atoms. The standard InChI is InChI=1S/C20H26N4O/c25-20(10-18-16-5-1-2-6-17(16)21-22-18)24-12-14-9-15(13-24)19-7-3-4-8-23(19)11-14/h1-2,5-6,14-15,19H,3-4,7-13H2,(H,21,22)/t14-,15-,19+/m1/s1. The summed E-state index contributed by atoms with van der Waals surface area (Å²) in [6, 6.07) is 8.74. The van der Waals surface area contributed by atoms with Gasteiger partial charge in [-0.1, -0.05) is 24.6 Å². The number of H-pyrrole nitrogens is 1. The molecule has 5 rings (SSSR count). The van der Waals surface area contributed by atoms with Gasteiger partial charge in [0.15, 0.2) is 0 Å². The lowest BCUT2D eigenvalue weighted by atomic mass is 9.76. The first-order valence-electron chi connectivity index (χ1n) is 9.72. The summed E-state index contributed by atoms with van der Waals surface area (Å²) in [5, 5.41) is 8.47. The van der Waals surface area contributed by atoms with Crippen molar-refractivity contribution in [3.63, 3.8) is 0 Å². The number of nitrogens with one attached hydrogen (secondary N) is 1. The molecule has 1 aromatic heterocycles. The summed E-state index contributed by atoms with van der Waals surface area (Å²) in [4.78, 5) is 17.8. The van der Waals surface area contributed by atoms with Gasteiger partial charge < -0.3 is 4.90 Å². The number of hydrogen-bond acceptors (Lipinski definition) is 3. The summed E-state index contributed by atoms with van der Waals surface area (Å²) in [6.07, 6.45) is 5.79. The zero-order chi connectivity index (χ0) is 16.8. The molecular weight excluding hydrogens is 312 g/mol. The monoisotopic (exact) mass is 338 g/mol. The van der Waals surface area contributed by atoms with Crippen molar-refractivity contribution >= 4 is 16.8 Å². The second-order valence-corrected chi connectivity index (χ2v) is 8.11. The molecular formula is C20H26N4O. The highest BCUT2D eigenvalue weighted by Crippen LogP contribution is 2.37. The molecule has 3 fully saturated rings. The number of piperidine rings is 3. The molecule has 5 heteroatoms. The van der Waals surface area contributed by atoms with Crippen molar-refractivity contribution in [3.05, 3.63) is 30.0 Å². The smallest absolute Gasteiger partial charge is 0.228 e. The number of carbonyl (C=O) groups is 1. The Morgan fingerprint density at radius 3 is 3.08 bits per heavy atom. The minimum Gasteiger partial charge on any atom is -0.342 e. The van der Waals surface area contributed by atoms with Crippen LogP contribution in [0.4, 0.5) is 0 Å². The van der Waals surface area contributed by atoms with Crippen molar-refractivity contribution in [1.29, 1.82) is 0 Å². The van der Waals surface area contributed by atoms with Crippen molar-refractivity contribution < 1.29 is 4.79 Å². The molecule has 3 atom stereocenters. The number of fused-ring (bicyclic) bond motifs is 5. The van der Waals surface area contributed by atoms with E-state index < -0.39 is 0 Å². The van der Waals surface area contributed by atoms with Gasteiger partial charge in [-0.25, -0.2) is 0 Å². The van der Waals surface area contributed by atoms with Gasteiger partial charge in [-0.05, 0) is 43.7 Å². The van der Waals surface area contributed by atoms with Crippen LogP contribution in [0.5, 0.6) is 0 Å². The Labute approximate surface area is 148 Å². The molecule has 0 saturated carbocycles. The number of rotatable bonds is 2. The maximum absolute atomic E-state index is 13.0. The Morgan fingerprint density at radius 2 is 2.12 bits per heavy atom. The SMILES string of the molecule is O=C(Cc1[nH]nc2ccccc12)N1C[C@@H]2C[C@H](C1)[C@@H]1CCCCN1C2. The molecule has 5 nitrogen and oxygen atoms in total. The van der Waals surface area contributed by atoms with Crippen LogP contribution in [-0.4, -0.2) is 58.1 Å². The zero-order valence-electron chi connectivity index (χ0n) is 14.7. The normalized spacial score (nSPS) is 29.6. The first-order chi connectivity index (χ1) is 12.3. The maximum atomic E-state index is 13.0. The fraction of sp³-hybridized carbons (Fsp3) is 0.600. The minimum absolute atomic E-state index is 0.258. The number of hydrogen-bond donors (Lipinski definition) is 1. The number of benzene rings is 1. The van der Waals surface area contributed by atoms with Crippen LogP contribution in [-0.2, 0) is 11.2 Å². The molecule has 0 aliphatic carbocycles. The Bertz CT molecular complexity index is 785. The van der Waals surface area contributed by atoms with Crippen molar-refractivity contribution in [2.24, 2.45) is 11.8 Å². The zero-order valence-corrected chi connectivity index (χ0v) is 14.7. The first kappa shape index (κ1) is 15.4. The number of likely N-dealkylation sites (tertiary alicyclic amines) is 1. The van der Waals surface area contributed by atoms with Gasteiger partial charge in [-0.3, -0.25) is 14.8 Å². The Kier molecular flexibility index (Phi) is 3.77. The lowest BCUT2D eigenvalue weighted by molar-refractivity contribution is -0.137. The second kappa shape index (κ2) is 6.13. The van der Waals surface area contributed by atoms with Crippen LogP contribution in [0, 0.1) is 11.8 Å². The molecule has 1 amide bonds. The molecule has 1 N–H and O–H groups in total. The van der Waals surface area contributed by atoms with E-state index in [0.717, 1.165) is 29.7 Å². The third-order valence-corrected chi connectivity index (χ3v) is 6.49. The van der Waals surface area contributed by atoms with Crippen LogP contribution in [0.1, 0.15) is 31.4 Å². The largest absolute Gasteiger partial charge is 0.342 e. The highest BCUT2D eigenvalue weighted by atomic mass is 16.2. The van der Waals surface area contributed by atoms with E-state index >= 15 is 0 Å². The number of aromatic nitrogens is 2. The number of aromatic amines is 1. The maximum Gasteiger partial charge on any atom is 0.228 e. The van der Waals surface area contributed by atoms with E-state index in [1.54, 1.807) is 0 Å². The number of nitrogens with zero attached hydrogens (tertiary/aromatic N) is 3. The molecule has 3 saturated heterocycles. The van der Waals surface area contributed by atoms with E-state index in [9.17, 15) is 4.79 Å². The van der Waals surface area contributed by atoms with Crippen LogP contribution in [0.3, 0.4) is 0 Å². The molecule has 25 heavy (non-hydrogen) atoms. The average molecular weight is 338 g/mol. The van der Waals surface area contributed by atoms with Gasteiger partial charge in [0.1, 0.15) is 0 Å². The quantitative estimate of drug-likeness (QED) is 0.915. The predicted octanol–water partition coefficient (Wildman–Crippen LogP) is 2.44. The van der Waals surface area contributed by atoms with E-state index in [2.05, 4.69) is 20.0 Å². The summed E-state index contributed by atoms with van der Waals surface area (Å²) >= 11 is 0. The van der Waals surface area contributed by atoms with Crippen molar-refractivity contribution in [2.45, 2.75) is 38.1 Å². The van der Waals surface area contributed by atoms with Crippen LogP contribution in [0.25, 0.3) is 10.9 Å². The Hall–Kier alpha value is -1.88. The van der Waals surface area contributed by atoms with Gasteiger partial charge in [0.2, 0.25) is 5.91 Å². The topological polar surface area (TPSA) is 52.2 Å². The van der Waals surface area contributed by atoms with Crippen LogP contribution in [0.15, 0.2) is 24.3 Å². The molecule has 3 aliphatic rings. The van der Waals surface area contributed by atoms with Gasteiger partial charge in [0.25, 0.3) is 0 Å². The summed E-state index contributed by atoms with van der Waals surface area (Å²) in [5.41, 5.74) is 1.90. The third kappa shape index (κ3) is 2.74. The molecule has 132 valence electrons. The molecule has 4 heterocycles. The Morgan fingerprint density at radius 1 is 1.20 bits per heavy atom. The number of amides is 1. The highest BCUT2D eigenvalue weighted by molar-refractivity contribution is 5.87. The molecule has 3 aliphatic heterocycles. The van der Waals surface area contributed by atoms with Gasteiger partial charge in [-0.15, -0.1) is 0 Å². The predicted molar refractivity (Wildman–Crippen MR) is 97.2 cm³/mol. The van der Waals surface area contributed by atoms with Crippen molar-refractivity contribution in [2.75, 3.05) is 26.2 Å². The minimum atomic E-state index is 0.258. The first-order valence-corrected chi connectivity index (χ1v) is 9.72. The van der Waals surface area contributed by atoms with Gasteiger partial charge in [0.05, 0.1) is 17.6 Å². The fourth-order valence-electron chi connectivity index (χ4n) is 5.38. The van der Waals surface area contributed by atoms with Crippen LogP contribution in [0.2, 0.25) is 0 Å². The fourth-order valence-corrected chi connectivity index (χ4v) is 5.38. The third-order valence-electron chi connectivity index (χ3n) is 6.49. The van der Waals surface area contributed by atoms with E-state index in [-0.39, 0.29) is 5.91 Å². The van der Waals surface area contributed by atoms with Gasteiger partial charge in [-0.2, -0.15) is 5.10 Å².